The standard InChI is InChI=1S/C15H16N4O3S/c1-2-19-14(21)13-12(9-5-3-4-6-10(9)16-13)17-15(19)23-8-7-11(20)18-22/h3-6,16,22H,2,7-8H2,1H3,(H,18,20). The Bertz CT molecular complexity index is 932. The minimum absolute atomic E-state index is 0.122. The second-order valence-corrected chi connectivity index (χ2v) is 6.03. The number of H-pyrrole nitrogens is 1. The van der Waals surface area contributed by atoms with Crippen molar-refractivity contribution < 1.29 is 10.0 Å². The van der Waals surface area contributed by atoms with Gasteiger partial charge in [0.1, 0.15) is 11.0 Å². The molecule has 120 valence electrons. The van der Waals surface area contributed by atoms with Gasteiger partial charge in [-0.3, -0.25) is 19.4 Å². The second-order valence-electron chi connectivity index (χ2n) is 4.97. The fourth-order valence-electron chi connectivity index (χ4n) is 2.46. The molecule has 3 rings (SSSR count). The molecule has 8 heteroatoms. The molecule has 7 nitrogen and oxygen atoms in total. The number of hydroxylamine groups is 1. The zero-order valence-corrected chi connectivity index (χ0v) is 13.3. The highest BCUT2D eigenvalue weighted by molar-refractivity contribution is 7.99. The maximum absolute atomic E-state index is 12.7. The molecule has 0 spiro atoms. The van der Waals surface area contributed by atoms with E-state index in [0.717, 1.165) is 10.9 Å². The molecule has 0 bridgehead atoms. The molecule has 0 atom stereocenters. The van der Waals surface area contributed by atoms with Crippen LogP contribution < -0.4 is 11.0 Å². The fourth-order valence-corrected chi connectivity index (χ4v) is 3.45. The quantitative estimate of drug-likeness (QED) is 0.287. The van der Waals surface area contributed by atoms with Gasteiger partial charge in [0.05, 0.1) is 0 Å². The molecule has 2 aromatic heterocycles. The Morgan fingerprint density at radius 1 is 1.43 bits per heavy atom. The minimum atomic E-state index is -0.462. The number of nitrogens with zero attached hydrogens (tertiary/aromatic N) is 2. The molecule has 0 saturated carbocycles. The number of aromatic amines is 1. The fraction of sp³-hybridized carbons (Fsp3) is 0.267. The highest BCUT2D eigenvalue weighted by Gasteiger charge is 2.15. The van der Waals surface area contributed by atoms with Crippen molar-refractivity contribution >= 4 is 39.6 Å². The summed E-state index contributed by atoms with van der Waals surface area (Å²) in [5, 5.41) is 10.00. The van der Waals surface area contributed by atoms with E-state index in [1.54, 1.807) is 10.0 Å². The number of aromatic nitrogens is 3. The Morgan fingerprint density at radius 3 is 2.96 bits per heavy atom. The Labute approximate surface area is 135 Å². The van der Waals surface area contributed by atoms with Gasteiger partial charge in [-0.2, -0.15) is 0 Å². The Balaban J connectivity index is 2.07. The number of hydrogen-bond acceptors (Lipinski definition) is 5. The van der Waals surface area contributed by atoms with Crippen molar-refractivity contribution in [2.75, 3.05) is 5.75 Å². The zero-order chi connectivity index (χ0) is 16.4. The highest BCUT2D eigenvalue weighted by atomic mass is 32.2. The van der Waals surface area contributed by atoms with E-state index in [1.807, 2.05) is 31.2 Å². The summed E-state index contributed by atoms with van der Waals surface area (Å²) in [6.07, 6.45) is 0.146. The van der Waals surface area contributed by atoms with Gasteiger partial charge in [-0.15, -0.1) is 0 Å². The third-order valence-electron chi connectivity index (χ3n) is 3.58. The first-order valence-electron chi connectivity index (χ1n) is 7.22. The molecule has 0 aliphatic heterocycles. The maximum atomic E-state index is 12.7. The minimum Gasteiger partial charge on any atom is -0.349 e. The van der Waals surface area contributed by atoms with Gasteiger partial charge in [0.25, 0.3) is 5.56 Å². The molecule has 3 aromatic rings. The number of fused-ring (bicyclic) bond motifs is 3. The summed E-state index contributed by atoms with van der Waals surface area (Å²) in [6, 6.07) is 7.63. The van der Waals surface area contributed by atoms with E-state index in [2.05, 4.69) is 9.97 Å². The number of carbonyl (C=O) groups excluding carboxylic acids is 1. The molecule has 23 heavy (non-hydrogen) atoms. The molecule has 0 fully saturated rings. The summed E-state index contributed by atoms with van der Waals surface area (Å²) in [5.41, 5.74) is 3.48. The van der Waals surface area contributed by atoms with Gasteiger partial charge in [0.2, 0.25) is 5.91 Å². The van der Waals surface area contributed by atoms with Gasteiger partial charge >= 0.3 is 0 Å². The number of amides is 1. The number of carbonyl (C=O) groups is 1. The summed E-state index contributed by atoms with van der Waals surface area (Å²) in [4.78, 5) is 31.5. The normalized spacial score (nSPS) is 11.2. The van der Waals surface area contributed by atoms with Crippen LogP contribution in [0.25, 0.3) is 21.9 Å². The summed E-state index contributed by atoms with van der Waals surface area (Å²) in [5.74, 6) is -0.0387. The first-order chi connectivity index (χ1) is 11.2. The van der Waals surface area contributed by atoms with Crippen molar-refractivity contribution in [3.8, 4) is 0 Å². The van der Waals surface area contributed by atoms with Crippen LogP contribution >= 0.6 is 11.8 Å². The first-order valence-corrected chi connectivity index (χ1v) is 8.21. The lowest BCUT2D eigenvalue weighted by Crippen LogP contribution is -2.23. The van der Waals surface area contributed by atoms with Crippen molar-refractivity contribution in [1.29, 1.82) is 0 Å². The number of thioether (sulfide) groups is 1. The zero-order valence-electron chi connectivity index (χ0n) is 12.5. The molecule has 2 heterocycles. The van der Waals surface area contributed by atoms with Crippen molar-refractivity contribution in [3.05, 3.63) is 34.6 Å². The number of hydrogen-bond donors (Lipinski definition) is 3. The number of para-hydroxylation sites is 1. The lowest BCUT2D eigenvalue weighted by molar-refractivity contribution is -0.128. The van der Waals surface area contributed by atoms with Crippen LogP contribution in [0, 0.1) is 0 Å². The molecule has 1 aromatic carbocycles. The van der Waals surface area contributed by atoms with Crippen molar-refractivity contribution in [1.82, 2.24) is 20.0 Å². The van der Waals surface area contributed by atoms with Crippen molar-refractivity contribution in [2.24, 2.45) is 0 Å². The van der Waals surface area contributed by atoms with E-state index in [9.17, 15) is 9.59 Å². The molecule has 0 saturated heterocycles. The molecule has 0 radical (unpaired) electrons. The predicted octanol–water partition coefficient (Wildman–Crippen LogP) is 1.89. The second kappa shape index (κ2) is 6.43. The topological polar surface area (TPSA) is 100 Å². The molecule has 1 amide bonds. The third kappa shape index (κ3) is 2.82. The van der Waals surface area contributed by atoms with Crippen molar-refractivity contribution in [2.45, 2.75) is 25.0 Å². The smallest absolute Gasteiger partial charge is 0.278 e. The van der Waals surface area contributed by atoms with E-state index >= 15 is 0 Å². The van der Waals surface area contributed by atoms with E-state index in [1.165, 1.54) is 11.8 Å². The molecule has 3 N–H and O–H groups in total. The van der Waals surface area contributed by atoms with Gasteiger partial charge < -0.3 is 4.98 Å². The van der Waals surface area contributed by atoms with Crippen molar-refractivity contribution in [3.63, 3.8) is 0 Å². The Hall–Kier alpha value is -2.32. The summed E-state index contributed by atoms with van der Waals surface area (Å²) in [6.45, 7) is 2.37. The summed E-state index contributed by atoms with van der Waals surface area (Å²) >= 11 is 1.32. The van der Waals surface area contributed by atoms with Crippen LogP contribution in [0.4, 0.5) is 0 Å². The molecule has 0 aliphatic carbocycles. The van der Waals surface area contributed by atoms with Gasteiger partial charge in [0.15, 0.2) is 5.16 Å². The SMILES string of the molecule is CCn1c(SCCC(=O)NO)nc2c([nH]c3ccccc32)c1=O. The largest absolute Gasteiger partial charge is 0.349 e. The van der Waals surface area contributed by atoms with Crippen LogP contribution in [0.3, 0.4) is 0 Å². The summed E-state index contributed by atoms with van der Waals surface area (Å²) < 4.78 is 1.58. The molecule has 0 aliphatic rings. The predicted molar refractivity (Wildman–Crippen MR) is 88.8 cm³/mol. The van der Waals surface area contributed by atoms with Crippen LogP contribution in [0.15, 0.2) is 34.2 Å². The number of benzene rings is 1. The van der Waals surface area contributed by atoms with Crippen LogP contribution in [0.1, 0.15) is 13.3 Å². The van der Waals surface area contributed by atoms with E-state index in [-0.39, 0.29) is 12.0 Å². The average molecular weight is 332 g/mol. The van der Waals surface area contributed by atoms with Crippen LogP contribution in [0.2, 0.25) is 0 Å². The van der Waals surface area contributed by atoms with E-state index in [0.29, 0.717) is 28.5 Å². The van der Waals surface area contributed by atoms with Gasteiger partial charge in [-0.25, -0.2) is 10.5 Å². The molecular formula is C15H16N4O3S. The lowest BCUT2D eigenvalue weighted by atomic mass is 10.2. The third-order valence-corrected chi connectivity index (χ3v) is 4.56. The van der Waals surface area contributed by atoms with Gasteiger partial charge in [-0.05, 0) is 13.0 Å². The van der Waals surface area contributed by atoms with Crippen LogP contribution in [-0.2, 0) is 11.3 Å². The number of rotatable bonds is 5. The van der Waals surface area contributed by atoms with Gasteiger partial charge in [-0.1, -0.05) is 30.0 Å². The molecule has 0 unspecified atom stereocenters. The first kappa shape index (κ1) is 15.6. The average Bonchev–Trinajstić information content (AvgIpc) is 2.94. The van der Waals surface area contributed by atoms with E-state index < -0.39 is 5.91 Å². The van der Waals surface area contributed by atoms with E-state index in [4.69, 9.17) is 5.21 Å². The Morgan fingerprint density at radius 2 is 2.22 bits per heavy atom. The number of nitrogens with one attached hydrogen (secondary N) is 2. The van der Waals surface area contributed by atoms with Gasteiger partial charge in [0, 0.05) is 29.6 Å². The van der Waals surface area contributed by atoms with Crippen LogP contribution in [0.5, 0.6) is 0 Å². The maximum Gasteiger partial charge on any atom is 0.278 e. The van der Waals surface area contributed by atoms with Crippen LogP contribution in [-0.4, -0.2) is 31.4 Å². The highest BCUT2D eigenvalue weighted by Crippen LogP contribution is 2.24. The molecular weight excluding hydrogens is 316 g/mol. The lowest BCUT2D eigenvalue weighted by Gasteiger charge is -2.09. The Kier molecular flexibility index (Phi) is 4.35. The monoisotopic (exact) mass is 332 g/mol. The summed E-state index contributed by atoms with van der Waals surface area (Å²) in [7, 11) is 0.